The number of alkyl carbamates (subject to hydrolysis) is 1. The van der Waals surface area contributed by atoms with E-state index in [0.717, 1.165) is 0 Å². The molecule has 1 heterocycles. The maximum absolute atomic E-state index is 12.7. The Bertz CT molecular complexity index is 300. The second-order valence-electron chi connectivity index (χ2n) is 5.39. The smallest absolute Gasteiger partial charge is 0.407 e. The van der Waals surface area contributed by atoms with Gasteiger partial charge in [-0.3, -0.25) is 0 Å². The summed E-state index contributed by atoms with van der Waals surface area (Å²) in [4.78, 5) is 11.5. The Labute approximate surface area is 104 Å². The lowest BCUT2D eigenvalue weighted by Gasteiger charge is -2.34. The predicted octanol–water partition coefficient (Wildman–Crippen LogP) is 2.05. The monoisotopic (exact) mass is 268 g/mol. The highest BCUT2D eigenvalue weighted by molar-refractivity contribution is 5.68. The van der Waals surface area contributed by atoms with Crippen LogP contribution in [-0.4, -0.2) is 37.0 Å². The van der Waals surface area contributed by atoms with Crippen LogP contribution in [0, 0.1) is 5.92 Å². The van der Waals surface area contributed by atoms with Crippen molar-refractivity contribution in [2.45, 2.75) is 45.0 Å². The highest BCUT2D eigenvalue weighted by Gasteiger charge is 2.46. The zero-order valence-electron chi connectivity index (χ0n) is 10.7. The van der Waals surface area contributed by atoms with Crippen LogP contribution in [0.4, 0.5) is 18.0 Å². The lowest BCUT2D eigenvalue weighted by Crippen LogP contribution is -2.55. The van der Waals surface area contributed by atoms with E-state index in [-0.39, 0.29) is 13.0 Å². The van der Waals surface area contributed by atoms with E-state index in [1.165, 1.54) is 0 Å². The molecule has 4 nitrogen and oxygen atoms in total. The maximum atomic E-state index is 12.7. The molecule has 1 rings (SSSR count). The summed E-state index contributed by atoms with van der Waals surface area (Å²) in [6.07, 6.45) is -4.89. The number of halogens is 3. The summed E-state index contributed by atoms with van der Waals surface area (Å²) in [5.74, 6) is -1.57. The van der Waals surface area contributed by atoms with Crippen LogP contribution in [0.3, 0.4) is 0 Å². The molecule has 0 aliphatic carbocycles. The van der Waals surface area contributed by atoms with Crippen molar-refractivity contribution in [2.75, 3.05) is 13.1 Å². The van der Waals surface area contributed by atoms with Gasteiger partial charge < -0.3 is 15.4 Å². The first-order valence-corrected chi connectivity index (χ1v) is 5.86. The van der Waals surface area contributed by atoms with E-state index >= 15 is 0 Å². The van der Waals surface area contributed by atoms with E-state index in [0.29, 0.717) is 6.54 Å². The molecule has 0 aromatic rings. The van der Waals surface area contributed by atoms with Crippen molar-refractivity contribution >= 4 is 6.09 Å². The molecule has 0 radical (unpaired) electrons. The molecule has 2 atom stereocenters. The number of alkyl halides is 3. The molecule has 1 saturated heterocycles. The van der Waals surface area contributed by atoms with Gasteiger partial charge in [-0.05, 0) is 33.7 Å². The molecule has 106 valence electrons. The van der Waals surface area contributed by atoms with E-state index in [9.17, 15) is 18.0 Å². The van der Waals surface area contributed by atoms with E-state index in [2.05, 4.69) is 10.6 Å². The summed E-state index contributed by atoms with van der Waals surface area (Å²) in [6, 6.07) is -0.930. The molecule has 0 saturated carbocycles. The van der Waals surface area contributed by atoms with Gasteiger partial charge in [-0.25, -0.2) is 4.79 Å². The lowest BCUT2D eigenvalue weighted by molar-refractivity contribution is -0.184. The average molecular weight is 268 g/mol. The largest absolute Gasteiger partial charge is 0.444 e. The van der Waals surface area contributed by atoms with Gasteiger partial charge in [0, 0.05) is 12.6 Å². The number of amides is 1. The van der Waals surface area contributed by atoms with Crippen LogP contribution >= 0.6 is 0 Å². The maximum Gasteiger partial charge on any atom is 0.407 e. The van der Waals surface area contributed by atoms with Gasteiger partial charge in [0.2, 0.25) is 0 Å². The van der Waals surface area contributed by atoms with E-state index < -0.39 is 29.8 Å². The van der Waals surface area contributed by atoms with Gasteiger partial charge in [-0.1, -0.05) is 0 Å². The molecule has 0 bridgehead atoms. The highest BCUT2D eigenvalue weighted by Crippen LogP contribution is 2.31. The third kappa shape index (κ3) is 4.72. The molecule has 18 heavy (non-hydrogen) atoms. The van der Waals surface area contributed by atoms with E-state index in [1.807, 2.05) is 0 Å². The van der Waals surface area contributed by atoms with Gasteiger partial charge in [0.1, 0.15) is 5.60 Å². The molecule has 2 N–H and O–H groups in total. The summed E-state index contributed by atoms with van der Waals surface area (Å²) in [6.45, 7) is 5.26. The van der Waals surface area contributed by atoms with Crippen LogP contribution in [0.1, 0.15) is 27.2 Å². The average Bonchev–Trinajstić information content (AvgIpc) is 2.13. The fraction of sp³-hybridized carbons (Fsp3) is 0.909. The van der Waals surface area contributed by atoms with Crippen LogP contribution in [-0.2, 0) is 4.74 Å². The number of hydrogen-bond donors (Lipinski definition) is 2. The zero-order valence-corrected chi connectivity index (χ0v) is 10.7. The number of carbonyl (C=O) groups excluding carboxylic acids is 1. The molecule has 0 aromatic heterocycles. The third-order valence-corrected chi connectivity index (χ3v) is 2.60. The summed E-state index contributed by atoms with van der Waals surface area (Å²) >= 11 is 0. The molecular formula is C11H19F3N2O2. The molecule has 1 amide bonds. The van der Waals surface area contributed by atoms with Crippen molar-refractivity contribution in [2.24, 2.45) is 5.92 Å². The van der Waals surface area contributed by atoms with Crippen LogP contribution in [0.2, 0.25) is 0 Å². The Hall–Kier alpha value is -0.980. The Morgan fingerprint density at radius 2 is 1.94 bits per heavy atom. The molecule has 7 heteroatoms. The van der Waals surface area contributed by atoms with Gasteiger partial charge >= 0.3 is 12.3 Å². The predicted molar refractivity (Wildman–Crippen MR) is 60.2 cm³/mol. The number of ether oxygens (including phenoxy) is 1. The van der Waals surface area contributed by atoms with E-state index in [4.69, 9.17) is 4.74 Å². The third-order valence-electron chi connectivity index (χ3n) is 2.60. The van der Waals surface area contributed by atoms with Crippen molar-refractivity contribution in [3.8, 4) is 0 Å². The summed E-state index contributed by atoms with van der Waals surface area (Å²) < 4.78 is 43.2. The molecule has 0 aromatic carbocycles. The van der Waals surface area contributed by atoms with Crippen LogP contribution in [0.5, 0.6) is 0 Å². The van der Waals surface area contributed by atoms with Crippen LogP contribution in [0.25, 0.3) is 0 Å². The van der Waals surface area contributed by atoms with Crippen molar-refractivity contribution < 1.29 is 22.7 Å². The normalized spacial score (nSPS) is 25.7. The first-order chi connectivity index (χ1) is 8.09. The summed E-state index contributed by atoms with van der Waals surface area (Å²) in [5, 5.41) is 4.99. The molecule has 1 fully saturated rings. The second kappa shape index (κ2) is 5.34. The Kier molecular flexibility index (Phi) is 4.47. The quantitative estimate of drug-likeness (QED) is 0.765. The molecular weight excluding hydrogens is 249 g/mol. The fourth-order valence-corrected chi connectivity index (χ4v) is 1.83. The minimum Gasteiger partial charge on any atom is -0.444 e. The molecule has 0 spiro atoms. The minimum atomic E-state index is -4.33. The molecule has 1 aliphatic heterocycles. The number of hydrogen-bond acceptors (Lipinski definition) is 3. The number of carbonyl (C=O) groups is 1. The van der Waals surface area contributed by atoms with E-state index in [1.54, 1.807) is 20.8 Å². The summed E-state index contributed by atoms with van der Waals surface area (Å²) in [7, 11) is 0. The van der Waals surface area contributed by atoms with Gasteiger partial charge in [0.25, 0.3) is 0 Å². The Morgan fingerprint density at radius 1 is 1.33 bits per heavy atom. The van der Waals surface area contributed by atoms with Crippen LogP contribution < -0.4 is 10.6 Å². The Morgan fingerprint density at radius 3 is 2.44 bits per heavy atom. The standard InChI is InChI=1S/C11H19F3N2O2/c1-10(2,3)18-9(17)16-8-4-5-15-6-7(8)11(12,13)14/h7-8,15H,4-6H2,1-3H3,(H,16,17)/t7-,8+/m0/s1. The van der Waals surface area contributed by atoms with Gasteiger partial charge in [0.15, 0.2) is 0 Å². The molecule has 0 unspecified atom stereocenters. The van der Waals surface area contributed by atoms with Gasteiger partial charge in [-0.15, -0.1) is 0 Å². The lowest BCUT2D eigenvalue weighted by atomic mass is 9.93. The summed E-state index contributed by atoms with van der Waals surface area (Å²) in [5.41, 5.74) is -0.718. The van der Waals surface area contributed by atoms with Crippen molar-refractivity contribution in [1.29, 1.82) is 0 Å². The minimum absolute atomic E-state index is 0.177. The topological polar surface area (TPSA) is 50.4 Å². The zero-order chi connectivity index (χ0) is 14.0. The van der Waals surface area contributed by atoms with Gasteiger partial charge in [-0.2, -0.15) is 13.2 Å². The van der Waals surface area contributed by atoms with Crippen molar-refractivity contribution in [1.82, 2.24) is 10.6 Å². The van der Waals surface area contributed by atoms with Crippen molar-refractivity contribution in [3.05, 3.63) is 0 Å². The fourth-order valence-electron chi connectivity index (χ4n) is 1.83. The van der Waals surface area contributed by atoms with Gasteiger partial charge in [0.05, 0.1) is 5.92 Å². The second-order valence-corrected chi connectivity index (χ2v) is 5.39. The Balaban J connectivity index is 2.60. The van der Waals surface area contributed by atoms with Crippen molar-refractivity contribution in [3.63, 3.8) is 0 Å². The molecule has 1 aliphatic rings. The van der Waals surface area contributed by atoms with Crippen LogP contribution in [0.15, 0.2) is 0 Å². The first kappa shape index (κ1) is 15.1. The number of rotatable bonds is 1. The number of piperidine rings is 1. The number of nitrogens with one attached hydrogen (secondary N) is 2. The first-order valence-electron chi connectivity index (χ1n) is 5.86. The highest BCUT2D eigenvalue weighted by atomic mass is 19.4. The SMILES string of the molecule is CC(C)(C)OC(=O)N[C@@H]1CCNC[C@@H]1C(F)(F)F.